The number of nitrogens with one attached hydrogen (secondary N) is 1. The quantitative estimate of drug-likeness (QED) is 0.446. The third-order valence-electron chi connectivity index (χ3n) is 3.25. The van der Waals surface area contributed by atoms with Gasteiger partial charge in [0, 0.05) is 0 Å². The molecule has 0 bridgehead atoms. The molecule has 0 aromatic carbocycles. The van der Waals surface area contributed by atoms with Crippen molar-refractivity contribution in [2.45, 2.75) is 18.9 Å². The molecular weight excluding hydrogens is 332 g/mol. The number of rotatable bonds is 5. The summed E-state index contributed by atoms with van der Waals surface area (Å²) in [5, 5.41) is 12.9. The molecule has 1 N–H and O–H groups in total. The van der Waals surface area contributed by atoms with E-state index in [0.29, 0.717) is 0 Å². The van der Waals surface area contributed by atoms with Crippen molar-refractivity contribution in [2.75, 3.05) is 18.1 Å². The van der Waals surface area contributed by atoms with E-state index in [9.17, 15) is 28.1 Å². The van der Waals surface area contributed by atoms with Crippen LogP contribution in [0.4, 0.5) is 5.88 Å². The molecule has 11 heteroatoms. The number of furan rings is 1. The van der Waals surface area contributed by atoms with Crippen molar-refractivity contribution in [3.8, 4) is 0 Å². The van der Waals surface area contributed by atoms with Gasteiger partial charge in [-0.3, -0.25) is 14.9 Å². The molecule has 0 saturated carbocycles. The standard InChI is InChI=1S/C12H14N2O8S/c1-12(4-5-23(19,20)7-12)13-9(15)6-21-11(16)8-2-3-10(22-8)14(17)18/h2-3H,4-7H2,1H3,(H,13,15)/t12-/m1/s1. The van der Waals surface area contributed by atoms with Crippen LogP contribution in [0.5, 0.6) is 0 Å². The third kappa shape index (κ3) is 4.28. The van der Waals surface area contributed by atoms with E-state index in [0.717, 1.165) is 12.1 Å². The SMILES string of the molecule is C[C@@]1(NC(=O)COC(=O)c2ccc([N+](=O)[O-])o2)CCS(=O)(=O)C1. The maximum absolute atomic E-state index is 11.7. The normalized spacial score (nSPS) is 22.5. The summed E-state index contributed by atoms with van der Waals surface area (Å²) in [5.41, 5.74) is -0.897. The molecule has 0 spiro atoms. The lowest BCUT2D eigenvalue weighted by Crippen LogP contribution is -2.48. The molecular formula is C12H14N2O8S. The monoisotopic (exact) mass is 346 g/mol. The Morgan fingerprint density at radius 3 is 2.70 bits per heavy atom. The van der Waals surface area contributed by atoms with Crippen LogP contribution in [0.25, 0.3) is 0 Å². The van der Waals surface area contributed by atoms with Crippen LogP contribution >= 0.6 is 0 Å². The lowest BCUT2D eigenvalue weighted by Gasteiger charge is -2.23. The summed E-state index contributed by atoms with van der Waals surface area (Å²) in [7, 11) is -3.18. The van der Waals surface area contributed by atoms with Crippen LogP contribution in [0, 0.1) is 10.1 Å². The van der Waals surface area contributed by atoms with Gasteiger partial charge >= 0.3 is 11.9 Å². The van der Waals surface area contributed by atoms with E-state index in [-0.39, 0.29) is 17.9 Å². The second-order valence-electron chi connectivity index (χ2n) is 5.42. The van der Waals surface area contributed by atoms with Gasteiger partial charge in [0.1, 0.15) is 4.92 Å². The molecule has 1 aromatic rings. The number of hydrogen-bond donors (Lipinski definition) is 1. The first-order valence-electron chi connectivity index (χ1n) is 6.53. The molecule has 2 rings (SSSR count). The largest absolute Gasteiger partial charge is 0.450 e. The van der Waals surface area contributed by atoms with Crippen molar-refractivity contribution in [3.63, 3.8) is 0 Å². The van der Waals surface area contributed by atoms with Gasteiger partial charge < -0.3 is 14.5 Å². The molecule has 0 aliphatic carbocycles. The minimum atomic E-state index is -3.18. The van der Waals surface area contributed by atoms with E-state index in [4.69, 9.17) is 0 Å². The van der Waals surface area contributed by atoms with Gasteiger partial charge in [0.05, 0.1) is 23.1 Å². The second kappa shape index (κ2) is 5.99. The summed E-state index contributed by atoms with van der Waals surface area (Å²) in [6.45, 7) is 0.941. The lowest BCUT2D eigenvalue weighted by molar-refractivity contribution is -0.402. The lowest BCUT2D eigenvalue weighted by atomic mass is 10.0. The van der Waals surface area contributed by atoms with Crippen LogP contribution < -0.4 is 5.32 Å². The maximum atomic E-state index is 11.7. The minimum absolute atomic E-state index is 0.0143. The summed E-state index contributed by atoms with van der Waals surface area (Å²) in [6, 6.07) is 2.05. The van der Waals surface area contributed by atoms with Crippen molar-refractivity contribution in [1.82, 2.24) is 5.32 Å². The molecule has 1 amide bonds. The van der Waals surface area contributed by atoms with Gasteiger partial charge in [-0.15, -0.1) is 0 Å². The Balaban J connectivity index is 1.86. The fraction of sp³-hybridized carbons (Fsp3) is 0.500. The number of carbonyl (C=O) groups excluding carboxylic acids is 2. The Kier molecular flexibility index (Phi) is 4.41. The first kappa shape index (κ1) is 16.9. The number of carbonyl (C=O) groups is 2. The highest BCUT2D eigenvalue weighted by atomic mass is 32.2. The summed E-state index contributed by atoms with van der Waals surface area (Å²) in [6.07, 6.45) is 0.277. The van der Waals surface area contributed by atoms with Gasteiger partial charge in [-0.05, 0) is 19.4 Å². The molecule has 1 aliphatic rings. The van der Waals surface area contributed by atoms with E-state index in [2.05, 4.69) is 14.5 Å². The van der Waals surface area contributed by atoms with Gasteiger partial charge in [0.15, 0.2) is 16.4 Å². The zero-order chi connectivity index (χ0) is 17.3. The fourth-order valence-corrected chi connectivity index (χ4v) is 4.31. The molecule has 1 aromatic heterocycles. The summed E-state index contributed by atoms with van der Waals surface area (Å²) in [4.78, 5) is 32.9. The van der Waals surface area contributed by atoms with Crippen molar-refractivity contribution in [2.24, 2.45) is 0 Å². The molecule has 1 fully saturated rings. The average Bonchev–Trinajstić information content (AvgIpc) is 3.01. The number of nitro groups is 1. The van der Waals surface area contributed by atoms with E-state index in [1.54, 1.807) is 6.92 Å². The molecule has 2 heterocycles. The Hall–Kier alpha value is -2.43. The molecule has 1 saturated heterocycles. The zero-order valence-corrected chi connectivity index (χ0v) is 12.9. The van der Waals surface area contributed by atoms with E-state index in [1.807, 2.05) is 0 Å². The number of amides is 1. The van der Waals surface area contributed by atoms with Crippen LogP contribution in [-0.2, 0) is 19.4 Å². The van der Waals surface area contributed by atoms with Crippen molar-refractivity contribution in [1.29, 1.82) is 0 Å². The predicted octanol–water partition coefficient (Wildman–Crippen LogP) is 0.0380. The van der Waals surface area contributed by atoms with Gasteiger partial charge in [0.2, 0.25) is 5.76 Å². The smallest absolute Gasteiger partial charge is 0.433 e. The van der Waals surface area contributed by atoms with Crippen LogP contribution in [-0.4, -0.2) is 48.9 Å². The second-order valence-corrected chi connectivity index (χ2v) is 7.61. The van der Waals surface area contributed by atoms with E-state index in [1.165, 1.54) is 0 Å². The van der Waals surface area contributed by atoms with Crippen LogP contribution in [0.1, 0.15) is 23.9 Å². The maximum Gasteiger partial charge on any atom is 0.433 e. The number of esters is 1. The summed E-state index contributed by atoms with van der Waals surface area (Å²) in [5.74, 6) is -2.91. The molecule has 0 radical (unpaired) electrons. The van der Waals surface area contributed by atoms with E-state index < -0.39 is 50.4 Å². The Labute approximate surface area is 130 Å². The molecule has 23 heavy (non-hydrogen) atoms. The number of hydrogen-bond acceptors (Lipinski definition) is 8. The number of ether oxygens (including phenoxy) is 1. The first-order valence-corrected chi connectivity index (χ1v) is 8.35. The average molecular weight is 346 g/mol. The Bertz CT molecular complexity index is 753. The molecule has 1 aliphatic heterocycles. The number of nitrogens with zero attached hydrogens (tertiary/aromatic N) is 1. The van der Waals surface area contributed by atoms with Crippen molar-refractivity contribution >= 4 is 27.6 Å². The number of sulfone groups is 1. The minimum Gasteiger partial charge on any atom is -0.450 e. The van der Waals surface area contributed by atoms with Crippen LogP contribution in [0.3, 0.4) is 0 Å². The molecule has 10 nitrogen and oxygen atoms in total. The van der Waals surface area contributed by atoms with Gasteiger partial charge in [-0.2, -0.15) is 0 Å². The fourth-order valence-electron chi connectivity index (χ4n) is 2.22. The highest BCUT2D eigenvalue weighted by molar-refractivity contribution is 7.91. The van der Waals surface area contributed by atoms with Crippen LogP contribution in [0.15, 0.2) is 16.5 Å². The predicted molar refractivity (Wildman–Crippen MR) is 75.5 cm³/mol. The Morgan fingerprint density at radius 2 is 2.17 bits per heavy atom. The van der Waals surface area contributed by atoms with E-state index >= 15 is 0 Å². The zero-order valence-electron chi connectivity index (χ0n) is 12.1. The molecule has 126 valence electrons. The van der Waals surface area contributed by atoms with Gasteiger partial charge in [0.25, 0.3) is 5.91 Å². The highest BCUT2D eigenvalue weighted by Crippen LogP contribution is 2.22. The highest BCUT2D eigenvalue weighted by Gasteiger charge is 2.39. The van der Waals surface area contributed by atoms with Gasteiger partial charge in [-0.25, -0.2) is 13.2 Å². The first-order chi connectivity index (χ1) is 10.6. The van der Waals surface area contributed by atoms with Gasteiger partial charge in [-0.1, -0.05) is 0 Å². The van der Waals surface area contributed by atoms with Crippen LogP contribution in [0.2, 0.25) is 0 Å². The summed E-state index contributed by atoms with van der Waals surface area (Å²) < 4.78 is 32.2. The van der Waals surface area contributed by atoms with Crippen molar-refractivity contribution < 1.29 is 32.1 Å². The van der Waals surface area contributed by atoms with Crippen molar-refractivity contribution in [3.05, 3.63) is 28.0 Å². The third-order valence-corrected chi connectivity index (χ3v) is 5.15. The summed E-state index contributed by atoms with van der Waals surface area (Å²) >= 11 is 0. The molecule has 1 atom stereocenters. The Morgan fingerprint density at radius 1 is 1.48 bits per heavy atom. The molecule has 0 unspecified atom stereocenters. The topological polar surface area (TPSA) is 146 Å².